The molecule has 0 fully saturated rings. The van der Waals surface area contributed by atoms with Crippen LogP contribution in [0.2, 0.25) is 5.02 Å². The number of aromatic nitrogens is 1. The molecule has 0 bridgehead atoms. The third kappa shape index (κ3) is 3.81. The van der Waals surface area contributed by atoms with Gasteiger partial charge in [0.25, 0.3) is 5.91 Å². The molecule has 4 heteroatoms. The van der Waals surface area contributed by atoms with Crippen LogP contribution in [-0.2, 0) is 6.54 Å². The number of hydrogen-bond donors (Lipinski definition) is 1. The van der Waals surface area contributed by atoms with Gasteiger partial charge < -0.3 is 5.32 Å². The lowest BCUT2D eigenvalue weighted by molar-refractivity contribution is 0.0946. The van der Waals surface area contributed by atoms with Gasteiger partial charge in [-0.25, -0.2) is 0 Å². The van der Waals surface area contributed by atoms with Gasteiger partial charge in [-0.15, -0.1) is 0 Å². The first-order valence-corrected chi connectivity index (χ1v) is 6.92. The molecule has 20 heavy (non-hydrogen) atoms. The van der Waals surface area contributed by atoms with Gasteiger partial charge in [-0.1, -0.05) is 37.6 Å². The van der Waals surface area contributed by atoms with Crippen molar-refractivity contribution in [3.63, 3.8) is 0 Å². The zero-order valence-electron chi connectivity index (χ0n) is 11.6. The lowest BCUT2D eigenvalue weighted by atomic mass is 10.0. The maximum absolute atomic E-state index is 12.1. The largest absolute Gasteiger partial charge is 0.347 e. The highest BCUT2D eigenvalue weighted by Crippen LogP contribution is 2.14. The van der Waals surface area contributed by atoms with E-state index in [-0.39, 0.29) is 5.91 Å². The molecule has 0 radical (unpaired) electrons. The maximum Gasteiger partial charge on any atom is 0.270 e. The fourth-order valence-electron chi connectivity index (χ4n) is 1.81. The van der Waals surface area contributed by atoms with E-state index in [4.69, 9.17) is 11.6 Å². The second-order valence-electron chi connectivity index (χ2n) is 4.94. The second-order valence-corrected chi connectivity index (χ2v) is 5.37. The van der Waals surface area contributed by atoms with Crippen LogP contribution >= 0.6 is 11.6 Å². The highest BCUT2D eigenvalue weighted by atomic mass is 35.5. The first kappa shape index (κ1) is 14.5. The molecule has 0 unspecified atom stereocenters. The molecule has 0 spiro atoms. The van der Waals surface area contributed by atoms with Gasteiger partial charge in [-0.3, -0.25) is 9.78 Å². The molecule has 0 aliphatic heterocycles. The van der Waals surface area contributed by atoms with Gasteiger partial charge in [-0.05, 0) is 41.3 Å². The minimum Gasteiger partial charge on any atom is -0.347 e. The molecular weight excluding hydrogens is 272 g/mol. The molecule has 0 aliphatic carbocycles. The van der Waals surface area contributed by atoms with Crippen molar-refractivity contribution < 1.29 is 4.79 Å². The van der Waals surface area contributed by atoms with Crippen LogP contribution in [0, 0.1) is 0 Å². The van der Waals surface area contributed by atoms with Gasteiger partial charge >= 0.3 is 0 Å². The smallest absolute Gasteiger partial charge is 0.270 e. The van der Waals surface area contributed by atoms with E-state index < -0.39 is 0 Å². The molecule has 1 aromatic heterocycles. The van der Waals surface area contributed by atoms with E-state index in [2.05, 4.69) is 24.1 Å². The Hall–Kier alpha value is -1.87. The summed E-state index contributed by atoms with van der Waals surface area (Å²) in [6, 6.07) is 11.2. The van der Waals surface area contributed by atoms with E-state index in [9.17, 15) is 4.79 Å². The van der Waals surface area contributed by atoms with Crippen molar-refractivity contribution in [3.05, 3.63) is 64.4 Å². The normalized spacial score (nSPS) is 10.6. The van der Waals surface area contributed by atoms with Gasteiger partial charge in [-0.2, -0.15) is 0 Å². The number of benzene rings is 1. The Morgan fingerprint density at radius 3 is 2.60 bits per heavy atom. The number of rotatable bonds is 4. The summed E-state index contributed by atoms with van der Waals surface area (Å²) in [6.45, 7) is 4.64. The van der Waals surface area contributed by atoms with E-state index in [1.54, 1.807) is 18.3 Å². The molecule has 1 amide bonds. The topological polar surface area (TPSA) is 42.0 Å². The van der Waals surface area contributed by atoms with Gasteiger partial charge in [0.1, 0.15) is 5.69 Å². The van der Waals surface area contributed by atoms with Crippen LogP contribution in [0.4, 0.5) is 0 Å². The van der Waals surface area contributed by atoms with E-state index in [1.807, 2.05) is 24.3 Å². The van der Waals surface area contributed by atoms with Crippen molar-refractivity contribution in [2.45, 2.75) is 26.3 Å². The van der Waals surface area contributed by atoms with E-state index in [1.165, 1.54) is 0 Å². The van der Waals surface area contributed by atoms with Crippen LogP contribution in [-0.4, -0.2) is 10.9 Å². The van der Waals surface area contributed by atoms with Crippen molar-refractivity contribution >= 4 is 17.5 Å². The Labute approximate surface area is 124 Å². The molecule has 2 rings (SSSR count). The molecule has 0 saturated heterocycles. The molecule has 2 aromatic rings. The summed E-state index contributed by atoms with van der Waals surface area (Å²) in [5.74, 6) is 0.211. The standard InChI is InChI=1S/C16H17ClN2O/c1-11(2)13-7-8-18-15(9-13)16(20)19-10-12-3-5-14(17)6-4-12/h3-9,11H,10H2,1-2H3,(H,19,20). The first-order chi connectivity index (χ1) is 9.56. The Kier molecular flexibility index (Phi) is 4.74. The molecule has 1 N–H and O–H groups in total. The average Bonchev–Trinajstić information content (AvgIpc) is 2.46. The van der Waals surface area contributed by atoms with Crippen molar-refractivity contribution in [1.82, 2.24) is 10.3 Å². The molecule has 0 aliphatic rings. The predicted octanol–water partition coefficient (Wildman–Crippen LogP) is 3.79. The number of amides is 1. The van der Waals surface area contributed by atoms with E-state index in [0.29, 0.717) is 23.2 Å². The monoisotopic (exact) mass is 288 g/mol. The number of hydrogen-bond acceptors (Lipinski definition) is 2. The summed E-state index contributed by atoms with van der Waals surface area (Å²) >= 11 is 5.82. The highest BCUT2D eigenvalue weighted by Gasteiger charge is 2.09. The molecule has 3 nitrogen and oxygen atoms in total. The minimum absolute atomic E-state index is 0.164. The van der Waals surface area contributed by atoms with Crippen LogP contribution in [0.25, 0.3) is 0 Å². The second kappa shape index (κ2) is 6.53. The zero-order chi connectivity index (χ0) is 14.5. The van der Waals surface area contributed by atoms with Crippen molar-refractivity contribution in [2.24, 2.45) is 0 Å². The van der Waals surface area contributed by atoms with Crippen molar-refractivity contribution in [2.75, 3.05) is 0 Å². The minimum atomic E-state index is -0.164. The summed E-state index contributed by atoms with van der Waals surface area (Å²) in [7, 11) is 0. The number of pyridine rings is 1. The lowest BCUT2D eigenvalue weighted by Gasteiger charge is -2.08. The average molecular weight is 289 g/mol. The predicted molar refractivity (Wildman–Crippen MR) is 80.9 cm³/mol. The van der Waals surface area contributed by atoms with Gasteiger partial charge in [0.2, 0.25) is 0 Å². The number of nitrogens with one attached hydrogen (secondary N) is 1. The Morgan fingerprint density at radius 2 is 1.95 bits per heavy atom. The summed E-state index contributed by atoms with van der Waals surface area (Å²) in [5.41, 5.74) is 2.56. The fraction of sp³-hybridized carbons (Fsp3) is 0.250. The summed E-state index contributed by atoms with van der Waals surface area (Å²) in [6.07, 6.45) is 1.67. The summed E-state index contributed by atoms with van der Waals surface area (Å²) in [4.78, 5) is 16.2. The third-order valence-electron chi connectivity index (χ3n) is 3.05. The number of nitrogens with zero attached hydrogens (tertiary/aromatic N) is 1. The molecule has 0 atom stereocenters. The maximum atomic E-state index is 12.1. The lowest BCUT2D eigenvalue weighted by Crippen LogP contribution is -2.23. The Balaban J connectivity index is 2.01. The number of carbonyl (C=O) groups excluding carboxylic acids is 1. The third-order valence-corrected chi connectivity index (χ3v) is 3.30. The van der Waals surface area contributed by atoms with Crippen LogP contribution in [0.5, 0.6) is 0 Å². The van der Waals surface area contributed by atoms with Crippen molar-refractivity contribution in [3.8, 4) is 0 Å². The van der Waals surface area contributed by atoms with Gasteiger partial charge in [0.15, 0.2) is 0 Å². The highest BCUT2D eigenvalue weighted by molar-refractivity contribution is 6.30. The summed E-state index contributed by atoms with van der Waals surface area (Å²) in [5, 5.41) is 3.54. The molecule has 104 valence electrons. The first-order valence-electron chi connectivity index (χ1n) is 6.55. The molecule has 1 heterocycles. The number of carbonyl (C=O) groups is 1. The van der Waals surface area contributed by atoms with Crippen LogP contribution in [0.15, 0.2) is 42.6 Å². The summed E-state index contributed by atoms with van der Waals surface area (Å²) < 4.78 is 0. The Morgan fingerprint density at radius 1 is 1.25 bits per heavy atom. The van der Waals surface area contributed by atoms with Gasteiger partial charge in [0, 0.05) is 17.8 Å². The molecule has 0 saturated carbocycles. The van der Waals surface area contributed by atoms with Crippen LogP contribution < -0.4 is 5.32 Å². The van der Waals surface area contributed by atoms with Crippen molar-refractivity contribution in [1.29, 1.82) is 0 Å². The Bertz CT molecular complexity index is 594. The van der Waals surface area contributed by atoms with E-state index in [0.717, 1.165) is 11.1 Å². The SMILES string of the molecule is CC(C)c1ccnc(C(=O)NCc2ccc(Cl)cc2)c1. The fourth-order valence-corrected chi connectivity index (χ4v) is 1.93. The molecular formula is C16H17ClN2O. The number of halogens is 1. The van der Waals surface area contributed by atoms with Crippen LogP contribution in [0.1, 0.15) is 41.4 Å². The quantitative estimate of drug-likeness (QED) is 0.930. The molecule has 1 aromatic carbocycles. The van der Waals surface area contributed by atoms with Gasteiger partial charge in [0.05, 0.1) is 0 Å². The van der Waals surface area contributed by atoms with E-state index >= 15 is 0 Å². The van der Waals surface area contributed by atoms with Crippen LogP contribution in [0.3, 0.4) is 0 Å². The zero-order valence-corrected chi connectivity index (χ0v) is 12.3.